The SMILES string of the molecule is O=C1C[C@@H](C(=O)N2CCC(c3ccccc3)CC2)Cc2ccccc21. The Morgan fingerprint density at radius 3 is 2.32 bits per heavy atom. The Kier molecular flexibility index (Phi) is 4.39. The highest BCUT2D eigenvalue weighted by atomic mass is 16.2. The number of Topliss-reactive ketones (excluding diaryl/α,β-unsaturated/α-hetero) is 1. The van der Waals surface area contributed by atoms with Gasteiger partial charge in [-0.25, -0.2) is 0 Å². The van der Waals surface area contributed by atoms with Gasteiger partial charge < -0.3 is 4.90 Å². The summed E-state index contributed by atoms with van der Waals surface area (Å²) in [5, 5.41) is 0. The summed E-state index contributed by atoms with van der Waals surface area (Å²) in [5.74, 6) is 0.628. The molecule has 0 saturated carbocycles. The summed E-state index contributed by atoms with van der Waals surface area (Å²) in [6, 6.07) is 18.3. The lowest BCUT2D eigenvalue weighted by Gasteiger charge is -2.35. The highest BCUT2D eigenvalue weighted by molar-refractivity contribution is 6.01. The molecule has 0 spiro atoms. The van der Waals surface area contributed by atoms with Gasteiger partial charge in [0.15, 0.2) is 5.78 Å². The predicted molar refractivity (Wildman–Crippen MR) is 97.6 cm³/mol. The van der Waals surface area contributed by atoms with E-state index in [1.54, 1.807) is 0 Å². The topological polar surface area (TPSA) is 37.4 Å². The van der Waals surface area contributed by atoms with Crippen molar-refractivity contribution in [1.29, 1.82) is 0 Å². The molecular weight excluding hydrogens is 310 g/mol. The Balaban J connectivity index is 1.41. The van der Waals surface area contributed by atoms with Crippen molar-refractivity contribution in [2.75, 3.05) is 13.1 Å². The van der Waals surface area contributed by atoms with Gasteiger partial charge >= 0.3 is 0 Å². The largest absolute Gasteiger partial charge is 0.342 e. The van der Waals surface area contributed by atoms with Crippen molar-refractivity contribution in [1.82, 2.24) is 4.90 Å². The van der Waals surface area contributed by atoms with E-state index in [0.29, 0.717) is 18.8 Å². The van der Waals surface area contributed by atoms with Crippen LogP contribution in [0.1, 0.15) is 46.7 Å². The summed E-state index contributed by atoms with van der Waals surface area (Å²) in [6.07, 6.45) is 3.06. The molecule has 0 aromatic heterocycles. The zero-order chi connectivity index (χ0) is 17.2. The Labute approximate surface area is 148 Å². The number of piperidine rings is 1. The summed E-state index contributed by atoms with van der Waals surface area (Å²) in [6.45, 7) is 1.59. The summed E-state index contributed by atoms with van der Waals surface area (Å²) in [4.78, 5) is 27.3. The molecule has 1 amide bonds. The molecule has 3 heteroatoms. The lowest BCUT2D eigenvalue weighted by Crippen LogP contribution is -2.43. The minimum absolute atomic E-state index is 0.111. The fraction of sp³-hybridized carbons (Fsp3) is 0.364. The first-order valence-corrected chi connectivity index (χ1v) is 9.17. The van der Waals surface area contributed by atoms with E-state index < -0.39 is 0 Å². The zero-order valence-corrected chi connectivity index (χ0v) is 14.4. The molecule has 0 bridgehead atoms. The molecule has 25 heavy (non-hydrogen) atoms. The highest BCUT2D eigenvalue weighted by Gasteiger charge is 2.33. The van der Waals surface area contributed by atoms with Gasteiger partial charge in [0.1, 0.15) is 0 Å². The van der Waals surface area contributed by atoms with Crippen LogP contribution in [0, 0.1) is 5.92 Å². The number of amides is 1. The Morgan fingerprint density at radius 1 is 0.880 bits per heavy atom. The second-order valence-electron chi connectivity index (χ2n) is 7.20. The predicted octanol–water partition coefficient (Wildman–Crippen LogP) is 3.84. The molecule has 0 N–H and O–H groups in total. The molecule has 0 radical (unpaired) electrons. The smallest absolute Gasteiger partial charge is 0.226 e. The minimum Gasteiger partial charge on any atom is -0.342 e. The summed E-state index contributed by atoms with van der Waals surface area (Å²) < 4.78 is 0. The van der Waals surface area contributed by atoms with Crippen molar-refractivity contribution in [3.63, 3.8) is 0 Å². The third-order valence-electron chi connectivity index (χ3n) is 5.64. The second-order valence-corrected chi connectivity index (χ2v) is 7.20. The molecule has 1 aliphatic heterocycles. The maximum absolute atomic E-state index is 12.9. The summed E-state index contributed by atoms with van der Waals surface area (Å²) in [5.41, 5.74) is 3.20. The van der Waals surface area contributed by atoms with Crippen LogP contribution >= 0.6 is 0 Å². The van der Waals surface area contributed by atoms with Crippen molar-refractivity contribution in [3.8, 4) is 0 Å². The molecule has 1 saturated heterocycles. The van der Waals surface area contributed by atoms with Gasteiger partial charge in [-0.1, -0.05) is 54.6 Å². The maximum atomic E-state index is 12.9. The third-order valence-corrected chi connectivity index (χ3v) is 5.64. The van der Waals surface area contributed by atoms with E-state index in [1.165, 1.54) is 5.56 Å². The fourth-order valence-corrected chi connectivity index (χ4v) is 4.23. The molecule has 3 nitrogen and oxygen atoms in total. The van der Waals surface area contributed by atoms with E-state index in [1.807, 2.05) is 35.2 Å². The number of carbonyl (C=O) groups excluding carboxylic acids is 2. The van der Waals surface area contributed by atoms with Crippen LogP contribution in [0.4, 0.5) is 0 Å². The van der Waals surface area contributed by atoms with Gasteiger partial charge in [-0.15, -0.1) is 0 Å². The summed E-state index contributed by atoms with van der Waals surface area (Å²) >= 11 is 0. The van der Waals surface area contributed by atoms with E-state index in [0.717, 1.165) is 37.1 Å². The van der Waals surface area contributed by atoms with Gasteiger partial charge in [0.2, 0.25) is 5.91 Å². The number of hydrogen-bond donors (Lipinski definition) is 0. The first kappa shape index (κ1) is 16.1. The minimum atomic E-state index is -0.185. The lowest BCUT2D eigenvalue weighted by molar-refractivity contribution is -0.136. The number of hydrogen-bond acceptors (Lipinski definition) is 2. The van der Waals surface area contributed by atoms with Crippen molar-refractivity contribution in [3.05, 3.63) is 71.3 Å². The van der Waals surface area contributed by atoms with E-state index in [2.05, 4.69) is 24.3 Å². The molecule has 4 rings (SSSR count). The third kappa shape index (κ3) is 3.23. The van der Waals surface area contributed by atoms with E-state index in [9.17, 15) is 9.59 Å². The zero-order valence-electron chi connectivity index (χ0n) is 14.4. The van der Waals surface area contributed by atoms with Crippen LogP contribution in [0.3, 0.4) is 0 Å². The van der Waals surface area contributed by atoms with Crippen molar-refractivity contribution in [2.24, 2.45) is 5.92 Å². The number of benzene rings is 2. The molecule has 2 aliphatic rings. The number of nitrogens with zero attached hydrogens (tertiary/aromatic N) is 1. The maximum Gasteiger partial charge on any atom is 0.226 e. The molecule has 2 aromatic carbocycles. The van der Waals surface area contributed by atoms with Crippen LogP contribution in [0.25, 0.3) is 0 Å². The van der Waals surface area contributed by atoms with Gasteiger partial charge in [-0.05, 0) is 36.3 Å². The molecule has 1 aliphatic carbocycles. The van der Waals surface area contributed by atoms with E-state index >= 15 is 0 Å². The first-order chi connectivity index (χ1) is 12.2. The average molecular weight is 333 g/mol. The number of likely N-dealkylation sites (tertiary alicyclic amines) is 1. The average Bonchev–Trinajstić information content (AvgIpc) is 2.68. The molecule has 2 aromatic rings. The van der Waals surface area contributed by atoms with Crippen LogP contribution in [-0.2, 0) is 11.2 Å². The summed E-state index contributed by atoms with van der Waals surface area (Å²) in [7, 11) is 0. The highest BCUT2D eigenvalue weighted by Crippen LogP contribution is 2.31. The Morgan fingerprint density at radius 2 is 1.56 bits per heavy atom. The van der Waals surface area contributed by atoms with Crippen molar-refractivity contribution in [2.45, 2.75) is 31.6 Å². The van der Waals surface area contributed by atoms with Crippen LogP contribution in [0.5, 0.6) is 0 Å². The van der Waals surface area contributed by atoms with Gasteiger partial charge in [0.05, 0.1) is 0 Å². The van der Waals surface area contributed by atoms with Gasteiger partial charge in [-0.3, -0.25) is 9.59 Å². The molecule has 128 valence electrons. The molecule has 1 atom stereocenters. The second kappa shape index (κ2) is 6.83. The van der Waals surface area contributed by atoms with Crippen molar-refractivity contribution < 1.29 is 9.59 Å². The van der Waals surface area contributed by atoms with E-state index in [4.69, 9.17) is 0 Å². The first-order valence-electron chi connectivity index (χ1n) is 9.17. The lowest BCUT2D eigenvalue weighted by atomic mass is 9.81. The fourth-order valence-electron chi connectivity index (χ4n) is 4.23. The molecule has 1 heterocycles. The van der Waals surface area contributed by atoms with Crippen LogP contribution in [-0.4, -0.2) is 29.7 Å². The number of carbonyl (C=O) groups is 2. The molecule has 0 unspecified atom stereocenters. The number of ketones is 1. The van der Waals surface area contributed by atoms with Gasteiger partial charge in [0, 0.05) is 31.0 Å². The van der Waals surface area contributed by atoms with Gasteiger partial charge in [0.25, 0.3) is 0 Å². The van der Waals surface area contributed by atoms with Crippen molar-refractivity contribution >= 4 is 11.7 Å². The Hall–Kier alpha value is -2.42. The normalized spacial score (nSPS) is 21.0. The van der Waals surface area contributed by atoms with Crippen LogP contribution < -0.4 is 0 Å². The quantitative estimate of drug-likeness (QED) is 0.837. The monoisotopic (exact) mass is 333 g/mol. The molecular formula is C22H23NO2. The standard InChI is InChI=1S/C22H23NO2/c24-21-15-19(14-18-8-4-5-9-20(18)21)22(25)23-12-10-17(11-13-23)16-6-2-1-3-7-16/h1-9,17,19H,10-15H2/t19-/m0/s1. The Bertz CT molecular complexity index is 776. The number of rotatable bonds is 2. The van der Waals surface area contributed by atoms with Crippen LogP contribution in [0.15, 0.2) is 54.6 Å². The molecule has 1 fully saturated rings. The van der Waals surface area contributed by atoms with E-state index in [-0.39, 0.29) is 17.6 Å². The van der Waals surface area contributed by atoms with Crippen LogP contribution in [0.2, 0.25) is 0 Å². The number of fused-ring (bicyclic) bond motifs is 1. The van der Waals surface area contributed by atoms with Gasteiger partial charge in [-0.2, -0.15) is 0 Å².